The predicted molar refractivity (Wildman–Crippen MR) is 98.6 cm³/mol. The quantitative estimate of drug-likeness (QED) is 0.740. The van der Waals surface area contributed by atoms with Crippen LogP contribution in [0.4, 0.5) is 5.69 Å². The summed E-state index contributed by atoms with van der Waals surface area (Å²) < 4.78 is 27.8. The van der Waals surface area contributed by atoms with Crippen molar-refractivity contribution in [1.82, 2.24) is 0 Å². The Labute approximate surface area is 149 Å². The third-order valence-corrected chi connectivity index (χ3v) is 4.83. The monoisotopic (exact) mass is 385 g/mol. The maximum absolute atomic E-state index is 12.0. The topological polar surface area (TPSA) is 72.5 Å². The molecule has 24 heavy (non-hydrogen) atoms. The number of hydrogen-bond donors (Lipinski definition) is 1. The second kappa shape index (κ2) is 8.32. The van der Waals surface area contributed by atoms with Gasteiger partial charge in [0.2, 0.25) is 5.91 Å². The molecule has 1 aromatic carbocycles. The van der Waals surface area contributed by atoms with E-state index in [1.807, 2.05) is 17.5 Å². The molecule has 1 N–H and O–H groups in total. The van der Waals surface area contributed by atoms with E-state index in [4.69, 9.17) is 16.3 Å². The molecule has 1 heterocycles. The number of nitrogens with one attached hydrogen (secondary N) is 1. The summed E-state index contributed by atoms with van der Waals surface area (Å²) >= 11 is 7.47. The number of anilines is 1. The highest BCUT2D eigenvalue weighted by atomic mass is 35.5. The van der Waals surface area contributed by atoms with Gasteiger partial charge in [0, 0.05) is 22.2 Å². The van der Waals surface area contributed by atoms with Crippen LogP contribution in [0.1, 0.15) is 4.88 Å². The Morgan fingerprint density at radius 2 is 2.17 bits per heavy atom. The van der Waals surface area contributed by atoms with Gasteiger partial charge in [-0.3, -0.25) is 4.79 Å². The molecule has 0 aliphatic carbocycles. The number of amides is 1. The third-order valence-electron chi connectivity index (χ3n) is 2.85. The molecule has 1 aromatic heterocycles. The minimum absolute atomic E-state index is 0.00558. The van der Waals surface area contributed by atoms with Crippen molar-refractivity contribution in [3.63, 3.8) is 0 Å². The lowest BCUT2D eigenvalue weighted by molar-refractivity contribution is -0.111. The van der Waals surface area contributed by atoms with E-state index in [0.717, 1.165) is 11.1 Å². The maximum atomic E-state index is 12.0. The number of sulfone groups is 1. The summed E-state index contributed by atoms with van der Waals surface area (Å²) in [5.74, 6) is -0.0825. The first-order valence-corrected chi connectivity index (χ1v) is 10.3. The van der Waals surface area contributed by atoms with Crippen LogP contribution >= 0.6 is 22.9 Å². The van der Waals surface area contributed by atoms with Crippen molar-refractivity contribution in [2.45, 2.75) is 0 Å². The van der Waals surface area contributed by atoms with Gasteiger partial charge in [-0.15, -0.1) is 11.3 Å². The smallest absolute Gasteiger partial charge is 0.248 e. The number of hydrogen-bond acceptors (Lipinski definition) is 5. The summed E-state index contributed by atoms with van der Waals surface area (Å²) in [7, 11) is -3.12. The van der Waals surface area contributed by atoms with E-state index in [2.05, 4.69) is 5.32 Å². The fraction of sp³-hybridized carbons (Fsp3) is 0.188. The summed E-state index contributed by atoms with van der Waals surface area (Å²) in [4.78, 5) is 13.0. The molecule has 0 atom stereocenters. The minimum Gasteiger partial charge on any atom is -0.490 e. The molecule has 0 fully saturated rings. The van der Waals surface area contributed by atoms with Gasteiger partial charge in [0.05, 0.1) is 11.4 Å². The Morgan fingerprint density at radius 3 is 2.83 bits per heavy atom. The Bertz CT molecular complexity index is 830. The second-order valence-corrected chi connectivity index (χ2v) is 8.63. The molecule has 0 unspecified atom stereocenters. The summed E-state index contributed by atoms with van der Waals surface area (Å²) in [6.07, 6.45) is 4.25. The van der Waals surface area contributed by atoms with Gasteiger partial charge in [-0.2, -0.15) is 0 Å². The highest BCUT2D eigenvalue weighted by Gasteiger charge is 2.09. The highest BCUT2D eigenvalue weighted by molar-refractivity contribution is 7.90. The molecule has 2 aromatic rings. The van der Waals surface area contributed by atoms with Crippen molar-refractivity contribution in [1.29, 1.82) is 0 Å². The first-order valence-electron chi connectivity index (χ1n) is 6.96. The normalized spacial score (nSPS) is 11.6. The van der Waals surface area contributed by atoms with E-state index in [1.165, 1.54) is 17.4 Å². The maximum Gasteiger partial charge on any atom is 0.248 e. The van der Waals surface area contributed by atoms with Gasteiger partial charge in [-0.1, -0.05) is 17.7 Å². The predicted octanol–water partition coefficient (Wildman–Crippen LogP) is 3.48. The van der Waals surface area contributed by atoms with Crippen LogP contribution in [0.2, 0.25) is 5.02 Å². The van der Waals surface area contributed by atoms with Gasteiger partial charge in [0.25, 0.3) is 0 Å². The highest BCUT2D eigenvalue weighted by Crippen LogP contribution is 2.28. The van der Waals surface area contributed by atoms with Gasteiger partial charge in [0.15, 0.2) is 9.84 Å². The first kappa shape index (κ1) is 18.5. The molecule has 0 saturated carbocycles. The third kappa shape index (κ3) is 6.35. The van der Waals surface area contributed by atoms with Crippen LogP contribution in [-0.2, 0) is 14.6 Å². The standard InChI is InChI=1S/C16H16ClNO4S2/c1-24(20,21)10-8-22-15-6-4-12(17)11-14(15)18-16(19)7-5-13-3-2-9-23-13/h2-7,9,11H,8,10H2,1H3,(H,18,19). The van der Waals surface area contributed by atoms with E-state index in [-0.39, 0.29) is 18.3 Å². The zero-order valence-electron chi connectivity index (χ0n) is 12.9. The van der Waals surface area contributed by atoms with E-state index in [1.54, 1.807) is 24.3 Å². The first-order chi connectivity index (χ1) is 11.3. The Balaban J connectivity index is 2.05. The molecule has 5 nitrogen and oxygen atoms in total. The minimum atomic E-state index is -3.12. The molecule has 0 spiro atoms. The molecule has 8 heteroatoms. The van der Waals surface area contributed by atoms with Crippen LogP contribution in [0, 0.1) is 0 Å². The van der Waals surface area contributed by atoms with Crippen molar-refractivity contribution in [2.75, 3.05) is 23.9 Å². The molecular formula is C16H16ClNO4S2. The number of rotatable bonds is 7. The molecule has 0 aliphatic rings. The van der Waals surface area contributed by atoms with Crippen molar-refractivity contribution >= 4 is 50.4 Å². The number of ether oxygens (including phenoxy) is 1. The van der Waals surface area contributed by atoms with Gasteiger partial charge < -0.3 is 10.1 Å². The summed E-state index contributed by atoms with van der Waals surface area (Å²) in [6.45, 7) is -0.00558. The van der Waals surface area contributed by atoms with E-state index in [9.17, 15) is 13.2 Å². The lowest BCUT2D eigenvalue weighted by atomic mass is 10.3. The van der Waals surface area contributed by atoms with Crippen LogP contribution in [0.15, 0.2) is 41.8 Å². The molecule has 0 bridgehead atoms. The van der Waals surface area contributed by atoms with E-state index >= 15 is 0 Å². The number of benzene rings is 1. The van der Waals surface area contributed by atoms with Gasteiger partial charge in [-0.25, -0.2) is 8.42 Å². The van der Waals surface area contributed by atoms with Crippen molar-refractivity contribution in [3.05, 3.63) is 51.7 Å². The van der Waals surface area contributed by atoms with Gasteiger partial charge in [0.1, 0.15) is 12.4 Å². The van der Waals surface area contributed by atoms with Gasteiger partial charge >= 0.3 is 0 Å². The largest absolute Gasteiger partial charge is 0.490 e. The van der Waals surface area contributed by atoms with Crippen molar-refractivity contribution < 1.29 is 17.9 Å². The lowest BCUT2D eigenvalue weighted by Gasteiger charge is -2.12. The summed E-state index contributed by atoms with van der Waals surface area (Å²) in [6, 6.07) is 8.53. The van der Waals surface area contributed by atoms with Crippen LogP contribution in [0.25, 0.3) is 6.08 Å². The fourth-order valence-corrected chi connectivity index (χ4v) is 2.92. The van der Waals surface area contributed by atoms with Gasteiger partial charge in [-0.05, 0) is 35.7 Å². The van der Waals surface area contributed by atoms with Crippen LogP contribution in [0.5, 0.6) is 5.75 Å². The SMILES string of the molecule is CS(=O)(=O)CCOc1ccc(Cl)cc1NC(=O)C=Cc1cccs1. The van der Waals surface area contributed by atoms with Crippen molar-refractivity contribution in [2.24, 2.45) is 0 Å². The second-order valence-electron chi connectivity index (χ2n) is 4.96. The lowest BCUT2D eigenvalue weighted by Crippen LogP contribution is -2.14. The molecule has 0 radical (unpaired) electrons. The molecule has 0 aliphatic heterocycles. The number of carbonyl (C=O) groups excluding carboxylic acids is 1. The molecular weight excluding hydrogens is 370 g/mol. The Kier molecular flexibility index (Phi) is 6.42. The van der Waals surface area contributed by atoms with Crippen LogP contribution < -0.4 is 10.1 Å². The molecule has 128 valence electrons. The average molecular weight is 386 g/mol. The molecule has 2 rings (SSSR count). The average Bonchev–Trinajstić information content (AvgIpc) is 2.99. The Morgan fingerprint density at radius 1 is 1.38 bits per heavy atom. The fourth-order valence-electron chi connectivity index (χ4n) is 1.75. The van der Waals surface area contributed by atoms with Crippen LogP contribution in [-0.4, -0.2) is 32.9 Å². The number of carbonyl (C=O) groups is 1. The number of halogens is 1. The van der Waals surface area contributed by atoms with E-state index in [0.29, 0.717) is 16.5 Å². The summed E-state index contributed by atoms with van der Waals surface area (Å²) in [5.41, 5.74) is 0.386. The molecule has 1 amide bonds. The van der Waals surface area contributed by atoms with E-state index < -0.39 is 9.84 Å². The van der Waals surface area contributed by atoms with Crippen LogP contribution in [0.3, 0.4) is 0 Å². The van der Waals surface area contributed by atoms with Crippen molar-refractivity contribution in [3.8, 4) is 5.75 Å². The Hall–Kier alpha value is -1.83. The zero-order valence-corrected chi connectivity index (χ0v) is 15.2. The summed E-state index contributed by atoms with van der Waals surface area (Å²) in [5, 5.41) is 5.03. The zero-order chi connectivity index (χ0) is 17.6. The molecule has 0 saturated heterocycles. The number of thiophene rings is 1.